The van der Waals surface area contributed by atoms with Crippen molar-refractivity contribution in [3.63, 3.8) is 0 Å². The van der Waals surface area contributed by atoms with Crippen LogP contribution < -0.4 is 10.4 Å². The van der Waals surface area contributed by atoms with Crippen LogP contribution in [-0.2, 0) is 19.0 Å². The fourth-order valence-corrected chi connectivity index (χ4v) is 4.89. The Morgan fingerprint density at radius 1 is 0.676 bits per heavy atom. The number of aromatic nitrogens is 1. The van der Waals surface area contributed by atoms with Gasteiger partial charge in [-0.1, -0.05) is 60.7 Å². The van der Waals surface area contributed by atoms with Crippen molar-refractivity contribution in [1.29, 1.82) is 0 Å². The number of benzene rings is 3. The highest BCUT2D eigenvalue weighted by atomic mass is 19.4. The van der Waals surface area contributed by atoms with Crippen LogP contribution in [0.15, 0.2) is 91.3 Å². The number of rotatable bonds is 1. The molecule has 0 fully saturated rings. The second kappa shape index (κ2) is 9.30. The van der Waals surface area contributed by atoms with E-state index in [1.165, 1.54) is 50.4 Å². The Balaban J connectivity index is 0.000000351. The molecule has 6 rings (SSSR count). The minimum Gasteiger partial charge on any atom is -0.265 e. The van der Waals surface area contributed by atoms with E-state index in [-0.39, 0.29) is 0 Å². The molecule has 0 spiro atoms. The Morgan fingerprint density at radius 3 is 2.12 bits per heavy atom. The van der Waals surface area contributed by atoms with Gasteiger partial charge in [0.2, 0.25) is 0 Å². The summed E-state index contributed by atoms with van der Waals surface area (Å²) in [6.07, 6.45) is 5.31. The third kappa shape index (κ3) is 4.41. The van der Waals surface area contributed by atoms with Gasteiger partial charge in [-0.15, -0.1) is 0 Å². The minimum absolute atomic E-state index is 0.594. The van der Waals surface area contributed by atoms with Crippen LogP contribution in [0, 0.1) is 0 Å². The molecular formula is C30H24F3N. The predicted octanol–water partition coefficient (Wildman–Crippen LogP) is 6.33. The van der Waals surface area contributed by atoms with Gasteiger partial charge in [-0.25, -0.2) is 0 Å². The number of hydrogen-bond acceptors (Lipinski definition) is 1. The van der Waals surface area contributed by atoms with E-state index in [1.807, 2.05) is 18.2 Å². The molecule has 0 aliphatic heterocycles. The van der Waals surface area contributed by atoms with Gasteiger partial charge in [-0.2, -0.15) is 13.2 Å². The van der Waals surface area contributed by atoms with Gasteiger partial charge in [0.05, 0.1) is 5.56 Å². The second-order valence-corrected chi connectivity index (χ2v) is 8.56. The molecule has 3 aromatic carbocycles. The van der Waals surface area contributed by atoms with Crippen LogP contribution in [0.1, 0.15) is 35.1 Å². The molecule has 2 aliphatic carbocycles. The van der Waals surface area contributed by atoms with Crippen LogP contribution in [0.2, 0.25) is 0 Å². The third-order valence-corrected chi connectivity index (χ3v) is 6.47. The Labute approximate surface area is 196 Å². The van der Waals surface area contributed by atoms with Gasteiger partial charge in [-0.05, 0) is 93.8 Å². The molecule has 0 bridgehead atoms. The number of hydrogen-bond donors (Lipinski definition) is 0. The van der Waals surface area contributed by atoms with Crippen LogP contribution in [0.25, 0.3) is 22.8 Å². The smallest absolute Gasteiger partial charge is 0.265 e. The van der Waals surface area contributed by atoms with Gasteiger partial charge in [0.15, 0.2) is 0 Å². The van der Waals surface area contributed by atoms with E-state index in [2.05, 4.69) is 47.5 Å². The zero-order chi connectivity index (χ0) is 23.5. The Morgan fingerprint density at radius 2 is 1.44 bits per heavy atom. The topological polar surface area (TPSA) is 12.9 Å². The summed E-state index contributed by atoms with van der Waals surface area (Å²) in [5.74, 6) is 0. The lowest BCUT2D eigenvalue weighted by Crippen LogP contribution is -2.36. The summed E-state index contributed by atoms with van der Waals surface area (Å²) in [5, 5.41) is 2.48. The normalized spacial score (nSPS) is 14.0. The molecule has 0 unspecified atom stereocenters. The average molecular weight is 456 g/mol. The highest BCUT2D eigenvalue weighted by Crippen LogP contribution is 2.31. The lowest BCUT2D eigenvalue weighted by molar-refractivity contribution is -0.137. The van der Waals surface area contributed by atoms with Crippen LogP contribution in [0.4, 0.5) is 13.2 Å². The SMILES string of the molecule is FC(F)(F)c1ccc(C2=c3c(ccc4c3=CCc3ccccc3-4)CCC2)cc1.c1ccncc1. The van der Waals surface area contributed by atoms with Crippen molar-refractivity contribution >= 4 is 11.6 Å². The van der Waals surface area contributed by atoms with Gasteiger partial charge >= 0.3 is 6.18 Å². The predicted molar refractivity (Wildman–Crippen MR) is 130 cm³/mol. The highest BCUT2D eigenvalue weighted by Gasteiger charge is 2.30. The van der Waals surface area contributed by atoms with Crippen LogP contribution >= 0.6 is 0 Å². The number of nitrogens with zero attached hydrogens (tertiary/aromatic N) is 1. The minimum atomic E-state index is -4.30. The first-order valence-corrected chi connectivity index (χ1v) is 11.5. The van der Waals surface area contributed by atoms with Gasteiger partial charge in [0.1, 0.15) is 0 Å². The number of fused-ring (bicyclic) bond motifs is 5. The summed E-state index contributed by atoms with van der Waals surface area (Å²) in [7, 11) is 0. The van der Waals surface area contributed by atoms with Crippen molar-refractivity contribution in [3.05, 3.63) is 124 Å². The van der Waals surface area contributed by atoms with E-state index in [0.717, 1.165) is 31.2 Å². The van der Waals surface area contributed by atoms with E-state index in [1.54, 1.807) is 24.5 Å². The summed E-state index contributed by atoms with van der Waals surface area (Å²) in [4.78, 5) is 3.78. The largest absolute Gasteiger partial charge is 0.416 e. The standard InChI is InChI=1S/C25H19F3.C5H5N/c26-25(27,28)19-12-8-17(9-13-19)21-7-3-5-18-11-14-22-20-6-2-1-4-16(20)10-15-23(22)24(18)21;1-2-4-6-5-3-1/h1-2,4,6,8-9,11-15H,3,5,7,10H2;1-5H. The molecule has 2 aliphatic rings. The molecule has 0 saturated heterocycles. The summed E-state index contributed by atoms with van der Waals surface area (Å²) >= 11 is 0. The van der Waals surface area contributed by atoms with Crippen molar-refractivity contribution in [2.45, 2.75) is 31.9 Å². The molecule has 4 heteroatoms. The summed E-state index contributed by atoms with van der Waals surface area (Å²) < 4.78 is 38.9. The molecule has 0 amide bonds. The van der Waals surface area contributed by atoms with E-state index in [9.17, 15) is 13.2 Å². The zero-order valence-electron chi connectivity index (χ0n) is 18.6. The van der Waals surface area contributed by atoms with Crippen molar-refractivity contribution in [2.24, 2.45) is 0 Å². The quantitative estimate of drug-likeness (QED) is 0.327. The van der Waals surface area contributed by atoms with E-state index in [4.69, 9.17) is 0 Å². The first-order valence-electron chi connectivity index (χ1n) is 11.5. The molecular weight excluding hydrogens is 431 g/mol. The maximum atomic E-state index is 13.0. The highest BCUT2D eigenvalue weighted by molar-refractivity contribution is 5.77. The first-order chi connectivity index (χ1) is 16.5. The number of halogens is 3. The van der Waals surface area contributed by atoms with Crippen molar-refractivity contribution < 1.29 is 13.2 Å². The van der Waals surface area contributed by atoms with Crippen LogP contribution in [0.3, 0.4) is 0 Å². The second-order valence-electron chi connectivity index (χ2n) is 8.56. The third-order valence-electron chi connectivity index (χ3n) is 6.47. The zero-order valence-corrected chi connectivity index (χ0v) is 18.6. The van der Waals surface area contributed by atoms with E-state index >= 15 is 0 Å². The lowest BCUT2D eigenvalue weighted by Gasteiger charge is -2.22. The Kier molecular flexibility index (Phi) is 6.06. The summed E-state index contributed by atoms with van der Waals surface area (Å²) in [5.41, 5.74) is 6.59. The van der Waals surface area contributed by atoms with Crippen molar-refractivity contribution in [3.8, 4) is 11.1 Å². The molecule has 4 aromatic rings. The van der Waals surface area contributed by atoms with Gasteiger partial charge in [0.25, 0.3) is 0 Å². The van der Waals surface area contributed by atoms with Gasteiger partial charge in [0, 0.05) is 12.4 Å². The fraction of sp³-hybridized carbons (Fsp3) is 0.167. The molecule has 34 heavy (non-hydrogen) atoms. The van der Waals surface area contributed by atoms with Gasteiger partial charge < -0.3 is 0 Å². The molecule has 1 nitrogen and oxygen atoms in total. The average Bonchev–Trinajstić information content (AvgIpc) is 2.89. The number of alkyl halides is 3. The maximum Gasteiger partial charge on any atom is 0.416 e. The van der Waals surface area contributed by atoms with Gasteiger partial charge in [-0.3, -0.25) is 4.98 Å². The number of aryl methyl sites for hydroxylation is 1. The van der Waals surface area contributed by atoms with Crippen LogP contribution in [-0.4, -0.2) is 4.98 Å². The molecule has 0 atom stereocenters. The Hall–Kier alpha value is -3.66. The maximum absolute atomic E-state index is 13.0. The molecule has 0 radical (unpaired) electrons. The number of pyridine rings is 1. The molecule has 1 heterocycles. The molecule has 0 saturated carbocycles. The monoisotopic (exact) mass is 455 g/mol. The van der Waals surface area contributed by atoms with E-state index < -0.39 is 11.7 Å². The summed E-state index contributed by atoms with van der Waals surface area (Å²) in [6, 6.07) is 24.2. The fourth-order valence-electron chi connectivity index (χ4n) is 4.89. The first kappa shape index (κ1) is 22.1. The van der Waals surface area contributed by atoms with E-state index in [0.29, 0.717) is 0 Å². The van der Waals surface area contributed by atoms with Crippen molar-refractivity contribution in [1.82, 2.24) is 4.98 Å². The van der Waals surface area contributed by atoms with Crippen LogP contribution in [0.5, 0.6) is 0 Å². The lowest BCUT2D eigenvalue weighted by atomic mass is 9.83. The van der Waals surface area contributed by atoms with Crippen molar-refractivity contribution in [2.75, 3.05) is 0 Å². The summed E-state index contributed by atoms with van der Waals surface area (Å²) in [6.45, 7) is 0. The molecule has 1 aromatic heterocycles. The molecule has 170 valence electrons. The Bertz CT molecular complexity index is 1390. The molecule has 0 N–H and O–H groups in total.